The first-order valence-electron chi connectivity index (χ1n) is 16.1. The van der Waals surface area contributed by atoms with Gasteiger partial charge in [0.15, 0.2) is 46.5 Å². The van der Waals surface area contributed by atoms with Crippen LogP contribution in [0, 0.1) is 53.7 Å². The summed E-state index contributed by atoms with van der Waals surface area (Å²) in [6.07, 6.45) is 9.44. The van der Waals surface area contributed by atoms with Crippen LogP contribution in [0.25, 0.3) is 11.1 Å². The largest absolute Gasteiger partial charge is 0.378 e. The molecule has 4 aromatic carbocycles. The molecule has 56 heavy (non-hydrogen) atoms. The summed E-state index contributed by atoms with van der Waals surface area (Å²) in [6.45, 7) is 0. The molecule has 0 saturated heterocycles. The number of halogens is 10. The van der Waals surface area contributed by atoms with E-state index in [1.165, 1.54) is 56.3 Å². The number of aliphatic imine (C=N–C) groups is 2. The summed E-state index contributed by atoms with van der Waals surface area (Å²) in [5.74, 6) is -11.8. The van der Waals surface area contributed by atoms with Crippen LogP contribution < -0.4 is 9.80 Å². The molecule has 0 aliphatic heterocycles. The number of aromatic nitrogens is 2. The molecule has 16 heteroatoms. The first kappa shape index (κ1) is 43.7. The molecule has 0 unspecified atom stereocenters. The molecule has 0 saturated carbocycles. The van der Waals surface area contributed by atoms with Gasteiger partial charge in [-0.05, 0) is 116 Å². The lowest BCUT2D eigenvalue weighted by Gasteiger charge is -2.11. The summed E-state index contributed by atoms with van der Waals surface area (Å²) in [5, 5.41) is 0. The molecule has 2 aromatic heterocycles. The molecule has 6 nitrogen and oxygen atoms in total. The van der Waals surface area contributed by atoms with Gasteiger partial charge in [-0.2, -0.15) is 0 Å². The molecule has 0 bridgehead atoms. The van der Waals surface area contributed by atoms with Crippen LogP contribution >= 0.6 is 45.2 Å². The molecular weight excluding hydrogens is 970 g/mol. The third kappa shape index (κ3) is 11.1. The summed E-state index contributed by atoms with van der Waals surface area (Å²) >= 11 is 2.40. The number of nitrogens with zero attached hydrogens (tertiary/aromatic N) is 6. The quantitative estimate of drug-likeness (QED) is 0.0526. The van der Waals surface area contributed by atoms with Crippen molar-refractivity contribution in [2.75, 3.05) is 38.0 Å². The van der Waals surface area contributed by atoms with Gasteiger partial charge >= 0.3 is 0 Å². The first-order chi connectivity index (χ1) is 26.6. The Morgan fingerprint density at radius 2 is 0.696 bits per heavy atom. The molecule has 0 fully saturated rings. The number of pyridine rings is 2. The number of anilines is 2. The minimum absolute atomic E-state index is 0.545. The van der Waals surface area contributed by atoms with Crippen molar-refractivity contribution in [3.63, 3.8) is 0 Å². The number of rotatable bonds is 7. The van der Waals surface area contributed by atoms with Crippen LogP contribution in [0.2, 0.25) is 0 Å². The van der Waals surface area contributed by atoms with Crippen molar-refractivity contribution in [2.45, 2.75) is 0 Å². The Kier molecular flexibility index (Phi) is 15.8. The Hall–Kier alpha value is -4.98. The average molecular weight is 1000 g/mol. The van der Waals surface area contributed by atoms with Crippen molar-refractivity contribution in [2.24, 2.45) is 9.98 Å². The molecule has 6 aromatic rings. The summed E-state index contributed by atoms with van der Waals surface area (Å²) in [7, 11) is 7.46. The van der Waals surface area contributed by atoms with E-state index in [0.29, 0.717) is 11.1 Å². The van der Waals surface area contributed by atoms with Gasteiger partial charge in [0.2, 0.25) is 0 Å². The van der Waals surface area contributed by atoms with E-state index in [9.17, 15) is 35.1 Å². The van der Waals surface area contributed by atoms with E-state index in [2.05, 4.69) is 20.0 Å². The third-order valence-corrected chi connectivity index (χ3v) is 9.47. The fraction of sp³-hybridized carbons (Fsp3) is 0.100. The zero-order valence-electron chi connectivity index (χ0n) is 29.9. The zero-order valence-corrected chi connectivity index (χ0v) is 34.2. The normalized spacial score (nSPS) is 10.9. The van der Waals surface area contributed by atoms with Crippen LogP contribution in [-0.4, -0.2) is 50.6 Å². The van der Waals surface area contributed by atoms with Crippen LogP contribution in [0.5, 0.6) is 0 Å². The predicted octanol–water partition coefficient (Wildman–Crippen LogP) is 11.5. The Balaban J connectivity index is 0.000000195. The van der Waals surface area contributed by atoms with E-state index < -0.39 is 65.1 Å². The second-order valence-electron chi connectivity index (χ2n) is 11.8. The highest BCUT2D eigenvalue weighted by Gasteiger charge is 2.24. The van der Waals surface area contributed by atoms with Crippen LogP contribution in [0.1, 0.15) is 11.1 Å². The van der Waals surface area contributed by atoms with Crippen LogP contribution in [0.3, 0.4) is 0 Å². The van der Waals surface area contributed by atoms with E-state index in [1.807, 2.05) is 62.3 Å². The minimum atomic E-state index is -1.51. The van der Waals surface area contributed by atoms with E-state index in [0.717, 1.165) is 23.8 Å². The van der Waals surface area contributed by atoms with Crippen LogP contribution in [-0.2, 0) is 0 Å². The van der Waals surface area contributed by atoms with Crippen molar-refractivity contribution in [3.05, 3.63) is 162 Å². The van der Waals surface area contributed by atoms with Crippen molar-refractivity contribution < 1.29 is 35.1 Å². The summed E-state index contributed by atoms with van der Waals surface area (Å²) in [4.78, 5) is 18.8. The van der Waals surface area contributed by atoms with Crippen molar-refractivity contribution >= 4 is 80.4 Å². The van der Waals surface area contributed by atoms with Gasteiger partial charge in [-0.1, -0.05) is 24.3 Å². The minimum Gasteiger partial charge on any atom is -0.378 e. The van der Waals surface area contributed by atoms with Crippen molar-refractivity contribution in [3.8, 4) is 11.1 Å². The number of benzene rings is 4. The van der Waals surface area contributed by atoms with Crippen LogP contribution in [0.4, 0.5) is 57.9 Å². The van der Waals surface area contributed by atoms with E-state index in [1.54, 1.807) is 73.3 Å². The Morgan fingerprint density at radius 3 is 0.946 bits per heavy atom. The highest BCUT2D eigenvalue weighted by atomic mass is 127. The lowest BCUT2D eigenvalue weighted by Crippen LogP contribution is -2.08. The SMILES string of the molecule is CN(C)c1ccc(C=Nc2c(F)c(F)c(I)c(F)c2F)cc1.CN(C)c1ccc(C=Nc2c(F)c(F)c(I)c(F)c2F)cc1.c1cc(-c2ccncc2)ccn1. The van der Waals surface area contributed by atoms with E-state index >= 15 is 0 Å². The summed E-state index contributed by atoms with van der Waals surface area (Å²) in [5.41, 5.74) is 3.34. The highest BCUT2D eigenvalue weighted by molar-refractivity contribution is 14.1. The molecule has 0 radical (unpaired) electrons. The second kappa shape index (κ2) is 20.3. The van der Waals surface area contributed by atoms with Gasteiger partial charge in [0.1, 0.15) is 11.4 Å². The average Bonchev–Trinajstić information content (AvgIpc) is 3.22. The lowest BCUT2D eigenvalue weighted by atomic mass is 10.1. The van der Waals surface area contributed by atoms with E-state index in [4.69, 9.17) is 0 Å². The molecule has 290 valence electrons. The molecule has 6 rings (SSSR count). The molecule has 0 spiro atoms. The molecule has 0 amide bonds. The van der Waals surface area contributed by atoms with Crippen LogP contribution in [0.15, 0.2) is 108 Å². The van der Waals surface area contributed by atoms with Gasteiger partial charge in [-0.15, -0.1) is 0 Å². The summed E-state index contributed by atoms with van der Waals surface area (Å²) in [6, 6.07) is 21.7. The van der Waals surface area contributed by atoms with Gasteiger partial charge in [0.25, 0.3) is 0 Å². The van der Waals surface area contributed by atoms with Gasteiger partial charge in [-0.25, -0.2) is 45.1 Å². The smallest absolute Gasteiger partial charge is 0.188 e. The standard InChI is InChI=1S/2C15H11F4IN2.C10H8N2/c2*1-22(2)9-5-3-8(4-6-9)7-21-15-12(18)10(16)14(20)11(17)13(15)19;1-5-11-6-2-9(1)10-3-7-12-8-4-10/h2*3-7H,1-2H3;1-8H. The van der Waals surface area contributed by atoms with Gasteiger partial charge in [-0.3, -0.25) is 9.97 Å². The maximum Gasteiger partial charge on any atom is 0.188 e. The molecular formula is C40H30F8I2N6. The topological polar surface area (TPSA) is 57.0 Å². The number of hydrogen-bond acceptors (Lipinski definition) is 6. The van der Waals surface area contributed by atoms with Crippen molar-refractivity contribution in [1.82, 2.24) is 9.97 Å². The monoisotopic (exact) mass is 1000 g/mol. The fourth-order valence-electron chi connectivity index (χ4n) is 4.50. The molecule has 0 atom stereocenters. The number of hydrogen-bond donors (Lipinski definition) is 0. The molecule has 0 aliphatic rings. The Morgan fingerprint density at radius 1 is 0.429 bits per heavy atom. The Labute approximate surface area is 345 Å². The fourth-order valence-corrected chi connectivity index (χ4v) is 5.44. The highest BCUT2D eigenvalue weighted by Crippen LogP contribution is 2.32. The second-order valence-corrected chi connectivity index (χ2v) is 14.0. The zero-order chi connectivity index (χ0) is 41.1. The van der Waals surface area contributed by atoms with E-state index in [-0.39, 0.29) is 0 Å². The van der Waals surface area contributed by atoms with Gasteiger partial charge in [0, 0.05) is 76.8 Å². The predicted molar refractivity (Wildman–Crippen MR) is 221 cm³/mol. The molecule has 0 N–H and O–H groups in total. The maximum absolute atomic E-state index is 13.7. The third-order valence-electron chi connectivity index (χ3n) is 7.57. The van der Waals surface area contributed by atoms with Crippen molar-refractivity contribution in [1.29, 1.82) is 0 Å². The first-order valence-corrected chi connectivity index (χ1v) is 18.2. The summed E-state index contributed by atoms with van der Waals surface area (Å²) < 4.78 is 107. The molecule has 2 heterocycles. The van der Waals surface area contributed by atoms with Gasteiger partial charge in [0.05, 0.1) is 7.14 Å². The van der Waals surface area contributed by atoms with Gasteiger partial charge < -0.3 is 9.80 Å². The Bertz CT molecular complexity index is 2090. The maximum atomic E-state index is 13.7. The lowest BCUT2D eigenvalue weighted by molar-refractivity contribution is 0.449. The molecule has 0 aliphatic carbocycles.